The highest BCUT2D eigenvalue weighted by Crippen LogP contribution is 2.30. The van der Waals surface area contributed by atoms with Crippen LogP contribution in [-0.2, 0) is 0 Å². The average Bonchev–Trinajstić information content (AvgIpc) is 2.12. The normalized spacial score (nSPS) is 10.2. The van der Waals surface area contributed by atoms with Gasteiger partial charge in [-0.15, -0.1) is 0 Å². The van der Waals surface area contributed by atoms with Gasteiger partial charge in [-0.1, -0.05) is 24.6 Å². The van der Waals surface area contributed by atoms with E-state index in [4.69, 9.17) is 16.3 Å². The van der Waals surface area contributed by atoms with E-state index >= 15 is 0 Å². The summed E-state index contributed by atoms with van der Waals surface area (Å²) in [5, 5.41) is 0.299. The van der Waals surface area contributed by atoms with E-state index in [1.165, 1.54) is 6.61 Å². The first kappa shape index (κ1) is 10.3. The molecule has 1 radical (unpaired) electrons. The zero-order chi connectivity index (χ0) is 9.84. The van der Waals surface area contributed by atoms with E-state index in [0.29, 0.717) is 17.0 Å². The Kier molecular flexibility index (Phi) is 3.55. The monoisotopic (exact) mass is 201 g/mol. The Morgan fingerprint density at radius 1 is 1.54 bits per heavy atom. The Balaban J connectivity index is 2.96. The molecule has 0 atom stereocenters. The number of halogens is 2. The summed E-state index contributed by atoms with van der Waals surface area (Å²) in [5.41, 5.74) is 0.531. The molecule has 0 bridgehead atoms. The summed E-state index contributed by atoms with van der Waals surface area (Å²) in [6.07, 6.45) is 0.712. The fraction of sp³-hybridized carbons (Fsp3) is 0.300. The van der Waals surface area contributed by atoms with E-state index in [-0.39, 0.29) is 5.75 Å². The lowest BCUT2D eigenvalue weighted by molar-refractivity contribution is 0.372. The van der Waals surface area contributed by atoms with Gasteiger partial charge in [0, 0.05) is 0 Å². The molecule has 0 heterocycles. The molecule has 0 fully saturated rings. The van der Waals surface area contributed by atoms with Crippen LogP contribution < -0.4 is 4.74 Å². The van der Waals surface area contributed by atoms with Crippen LogP contribution in [0.2, 0.25) is 5.02 Å². The Morgan fingerprint density at radius 2 is 2.23 bits per heavy atom. The molecule has 0 aliphatic rings. The molecule has 1 nitrogen and oxygen atoms in total. The summed E-state index contributed by atoms with van der Waals surface area (Å²) in [7, 11) is 0. The molecular weight excluding hydrogens is 191 g/mol. The number of benzene rings is 1. The van der Waals surface area contributed by atoms with Gasteiger partial charge in [-0.05, 0) is 25.0 Å². The first-order valence-electron chi connectivity index (χ1n) is 4.09. The summed E-state index contributed by atoms with van der Waals surface area (Å²) in [6, 6.07) is 3.25. The molecule has 3 heteroatoms. The van der Waals surface area contributed by atoms with E-state index in [0.717, 1.165) is 0 Å². The Labute approximate surface area is 82.5 Å². The number of ether oxygens (including phenoxy) is 1. The molecular formula is C10H11ClFO. The Morgan fingerprint density at radius 3 is 2.85 bits per heavy atom. The van der Waals surface area contributed by atoms with Crippen molar-refractivity contribution < 1.29 is 9.13 Å². The van der Waals surface area contributed by atoms with Crippen molar-refractivity contribution in [2.75, 3.05) is 0 Å². The third-order valence-electron chi connectivity index (χ3n) is 1.61. The Bertz CT molecular complexity index is 299. The van der Waals surface area contributed by atoms with Gasteiger partial charge in [0.1, 0.15) is 6.61 Å². The minimum absolute atomic E-state index is 0.114. The third-order valence-corrected chi connectivity index (χ3v) is 1.91. The zero-order valence-corrected chi connectivity index (χ0v) is 8.36. The summed E-state index contributed by atoms with van der Waals surface area (Å²) in [4.78, 5) is 0. The molecule has 0 N–H and O–H groups in total. The van der Waals surface area contributed by atoms with Gasteiger partial charge < -0.3 is 4.74 Å². The molecule has 0 aliphatic carbocycles. The van der Waals surface area contributed by atoms with Crippen LogP contribution in [0, 0.1) is 19.3 Å². The highest BCUT2D eigenvalue weighted by molar-refractivity contribution is 6.32. The molecule has 1 aromatic rings. The molecule has 1 aromatic carbocycles. The van der Waals surface area contributed by atoms with Gasteiger partial charge in [-0.2, -0.15) is 0 Å². The van der Waals surface area contributed by atoms with Gasteiger partial charge in [0.2, 0.25) is 0 Å². The van der Waals surface area contributed by atoms with Gasteiger partial charge in [-0.25, -0.2) is 4.39 Å². The maximum absolute atomic E-state index is 13.4. The lowest BCUT2D eigenvalue weighted by Crippen LogP contribution is -1.94. The maximum atomic E-state index is 13.4. The minimum atomic E-state index is -0.391. The van der Waals surface area contributed by atoms with Crippen molar-refractivity contribution in [1.29, 1.82) is 0 Å². The van der Waals surface area contributed by atoms with Crippen LogP contribution in [0.1, 0.15) is 18.9 Å². The van der Waals surface area contributed by atoms with Crippen molar-refractivity contribution >= 4 is 11.6 Å². The third kappa shape index (κ3) is 2.34. The Hall–Kier alpha value is -0.760. The van der Waals surface area contributed by atoms with Crippen LogP contribution >= 0.6 is 11.6 Å². The minimum Gasteiger partial charge on any atom is -0.482 e. The van der Waals surface area contributed by atoms with Crippen molar-refractivity contribution in [3.8, 4) is 5.75 Å². The molecule has 0 saturated heterocycles. The van der Waals surface area contributed by atoms with Crippen LogP contribution in [0.3, 0.4) is 0 Å². The number of hydrogen-bond acceptors (Lipinski definition) is 1. The van der Waals surface area contributed by atoms with Crippen molar-refractivity contribution in [2.45, 2.75) is 20.3 Å². The van der Waals surface area contributed by atoms with E-state index in [1.807, 2.05) is 6.92 Å². The largest absolute Gasteiger partial charge is 0.482 e. The second-order valence-electron chi connectivity index (χ2n) is 2.70. The van der Waals surface area contributed by atoms with Crippen LogP contribution in [-0.4, -0.2) is 0 Å². The molecule has 1 rings (SSSR count). The second-order valence-corrected chi connectivity index (χ2v) is 3.11. The summed E-state index contributed by atoms with van der Waals surface area (Å²) in [5.74, 6) is -0.277. The zero-order valence-electron chi connectivity index (χ0n) is 7.60. The van der Waals surface area contributed by atoms with Gasteiger partial charge in [0.25, 0.3) is 0 Å². The summed E-state index contributed by atoms with van der Waals surface area (Å²) in [6.45, 7) is 5.09. The number of rotatable bonds is 3. The van der Waals surface area contributed by atoms with Gasteiger partial charge in [-0.3, -0.25) is 0 Å². The standard InChI is InChI=1S/C10H11ClFO/c1-3-6-13-10-8(11)5-4-7(2)9(10)12/h4-6H,3H2,1-2H3. The molecule has 71 valence electrons. The lowest BCUT2D eigenvalue weighted by atomic mass is 10.2. The molecule has 0 amide bonds. The molecule has 13 heavy (non-hydrogen) atoms. The van der Waals surface area contributed by atoms with Gasteiger partial charge in [0.05, 0.1) is 5.02 Å². The topological polar surface area (TPSA) is 9.23 Å². The van der Waals surface area contributed by atoms with Gasteiger partial charge in [0.15, 0.2) is 11.6 Å². The highest BCUT2D eigenvalue weighted by atomic mass is 35.5. The quantitative estimate of drug-likeness (QED) is 0.724. The first-order valence-corrected chi connectivity index (χ1v) is 4.47. The van der Waals surface area contributed by atoms with E-state index in [9.17, 15) is 4.39 Å². The molecule has 0 aliphatic heterocycles. The molecule has 0 aromatic heterocycles. The van der Waals surface area contributed by atoms with Crippen LogP contribution in [0.5, 0.6) is 5.75 Å². The van der Waals surface area contributed by atoms with Crippen LogP contribution in [0.4, 0.5) is 4.39 Å². The molecule has 0 spiro atoms. The summed E-state index contributed by atoms with van der Waals surface area (Å²) < 4.78 is 18.4. The van der Waals surface area contributed by atoms with Gasteiger partial charge >= 0.3 is 0 Å². The smallest absolute Gasteiger partial charge is 0.174 e. The fourth-order valence-corrected chi connectivity index (χ4v) is 1.10. The fourth-order valence-electron chi connectivity index (χ4n) is 0.906. The predicted molar refractivity (Wildman–Crippen MR) is 51.4 cm³/mol. The predicted octanol–water partition coefficient (Wildman–Crippen LogP) is 3.74. The first-order chi connectivity index (χ1) is 6.16. The lowest BCUT2D eigenvalue weighted by Gasteiger charge is -2.08. The second kappa shape index (κ2) is 4.47. The maximum Gasteiger partial charge on any atom is 0.174 e. The van der Waals surface area contributed by atoms with Crippen molar-refractivity contribution in [1.82, 2.24) is 0 Å². The number of hydrogen-bond donors (Lipinski definition) is 0. The SMILES string of the molecule is CC[CH]Oc1c(Cl)ccc(C)c1F. The van der Waals surface area contributed by atoms with E-state index in [1.54, 1.807) is 19.1 Å². The van der Waals surface area contributed by atoms with Crippen molar-refractivity contribution in [3.63, 3.8) is 0 Å². The van der Waals surface area contributed by atoms with Crippen LogP contribution in [0.25, 0.3) is 0 Å². The van der Waals surface area contributed by atoms with Crippen molar-refractivity contribution in [2.24, 2.45) is 0 Å². The van der Waals surface area contributed by atoms with Crippen LogP contribution in [0.15, 0.2) is 12.1 Å². The summed E-state index contributed by atoms with van der Waals surface area (Å²) >= 11 is 5.75. The molecule has 0 saturated carbocycles. The average molecular weight is 202 g/mol. The van der Waals surface area contributed by atoms with E-state index in [2.05, 4.69) is 0 Å². The van der Waals surface area contributed by atoms with Crippen molar-refractivity contribution in [3.05, 3.63) is 35.1 Å². The highest BCUT2D eigenvalue weighted by Gasteiger charge is 2.10. The number of aryl methyl sites for hydroxylation is 1. The molecule has 0 unspecified atom stereocenters. The van der Waals surface area contributed by atoms with E-state index < -0.39 is 5.82 Å².